The maximum atomic E-state index is 14.7. The van der Waals surface area contributed by atoms with E-state index in [0.29, 0.717) is 11.5 Å². The molecule has 9 atom stereocenters. The van der Waals surface area contributed by atoms with Gasteiger partial charge in [0.2, 0.25) is 0 Å². The van der Waals surface area contributed by atoms with Crippen LogP contribution in [0.5, 0.6) is 0 Å². The Bertz CT molecular complexity index is 1120. The monoisotopic (exact) mass is 530 g/mol. The first-order valence-electron chi connectivity index (χ1n) is 13.8. The first-order chi connectivity index (χ1) is 17.4. The molecule has 0 radical (unpaired) electrons. The van der Waals surface area contributed by atoms with E-state index in [1.165, 1.54) is 4.90 Å². The second-order valence-corrected chi connectivity index (χ2v) is 13.3. The number of ether oxygens (including phenoxy) is 2. The van der Waals surface area contributed by atoms with Gasteiger partial charge in [0.05, 0.1) is 24.5 Å². The third-order valence-electron chi connectivity index (χ3n) is 10.3. The molecule has 8 nitrogen and oxygen atoms in total. The van der Waals surface area contributed by atoms with Gasteiger partial charge >= 0.3 is 6.09 Å². The number of nitriles is 1. The number of fused-ring (bicyclic) bond motifs is 3. The van der Waals surface area contributed by atoms with Crippen LogP contribution in [-0.2, 0) is 14.3 Å². The van der Waals surface area contributed by atoms with Crippen LogP contribution in [0.25, 0.3) is 0 Å². The number of carbonyl (C=O) groups is 2. The number of hydrogen-bond acceptors (Lipinski definition) is 7. The summed E-state index contributed by atoms with van der Waals surface area (Å²) in [5, 5.41) is 32.3. The number of allylic oxidation sites excluding steroid dienone is 1. The lowest BCUT2D eigenvalue weighted by Crippen LogP contribution is -2.63. The minimum atomic E-state index is -1.74. The van der Waals surface area contributed by atoms with Gasteiger partial charge in [0.1, 0.15) is 5.60 Å². The zero-order chi connectivity index (χ0) is 28.6. The molecule has 4 rings (SSSR count). The van der Waals surface area contributed by atoms with Crippen molar-refractivity contribution < 1.29 is 30.7 Å². The van der Waals surface area contributed by atoms with E-state index in [9.17, 15) is 19.8 Å². The average molecular weight is 531 g/mol. The molecule has 0 aromatic heterocycles. The molecule has 8 heteroatoms. The van der Waals surface area contributed by atoms with Crippen LogP contribution in [0, 0.1) is 51.8 Å². The number of Topliss-reactive ketones (excluding diaryl/α,β-unsaturated/α-hetero) is 1. The van der Waals surface area contributed by atoms with E-state index in [1.54, 1.807) is 27.8 Å². The smallest absolute Gasteiger partial charge is 0.410 e. The van der Waals surface area contributed by atoms with Gasteiger partial charge in [-0.2, -0.15) is 5.26 Å². The molecule has 0 heterocycles. The molecule has 2 saturated carbocycles. The largest absolute Gasteiger partial charge is 0.438 e. The van der Waals surface area contributed by atoms with E-state index in [0.717, 1.165) is 12.0 Å². The predicted molar refractivity (Wildman–Crippen MR) is 144 cm³/mol. The van der Waals surface area contributed by atoms with Gasteiger partial charge in [-0.3, -0.25) is 4.79 Å². The summed E-state index contributed by atoms with van der Waals surface area (Å²) in [5.74, 6) is -2.13. The van der Waals surface area contributed by atoms with Crippen LogP contribution in [0.3, 0.4) is 0 Å². The molecule has 2 fully saturated rings. The van der Waals surface area contributed by atoms with Crippen molar-refractivity contribution in [2.45, 2.75) is 91.8 Å². The first kappa shape index (κ1) is 28.8. The summed E-state index contributed by atoms with van der Waals surface area (Å²) >= 11 is 0. The summed E-state index contributed by atoms with van der Waals surface area (Å²) in [6, 6.07) is 1.70. The van der Waals surface area contributed by atoms with Crippen LogP contribution < -0.4 is 0 Å². The lowest BCUT2D eigenvalue weighted by Gasteiger charge is -2.50. The molecule has 1 amide bonds. The summed E-state index contributed by atoms with van der Waals surface area (Å²) in [6.07, 6.45) is 3.09. The highest BCUT2D eigenvalue weighted by atomic mass is 16.6. The van der Waals surface area contributed by atoms with Crippen molar-refractivity contribution >= 4 is 11.9 Å². The minimum Gasteiger partial charge on any atom is -0.438 e. The van der Waals surface area contributed by atoms with E-state index in [2.05, 4.69) is 19.9 Å². The topological polar surface area (TPSA) is 120 Å². The number of carbonyl (C=O) groups excluding carboxylic acids is 2. The SMILES string of the molecule is CC1=C[C@]23C(=O)[C@@H](C=C(COC(C)(C)O)[C@@H](C)C2(O)C1OC(=O)N(C)C(C)CC#N)[C@H]1[C@@H](C[C@H]3C)C1(C)C.[HH]. The first-order valence-corrected chi connectivity index (χ1v) is 13.8. The molecule has 3 unspecified atom stereocenters. The summed E-state index contributed by atoms with van der Waals surface area (Å²) < 4.78 is 11.8. The van der Waals surface area contributed by atoms with Crippen molar-refractivity contribution in [3.05, 3.63) is 23.3 Å². The molecule has 0 aromatic carbocycles. The zero-order valence-corrected chi connectivity index (χ0v) is 24.2. The number of aliphatic hydroxyl groups is 2. The third kappa shape index (κ3) is 4.04. The van der Waals surface area contributed by atoms with E-state index >= 15 is 0 Å². The molecule has 38 heavy (non-hydrogen) atoms. The van der Waals surface area contributed by atoms with Gasteiger partial charge in [0, 0.05) is 26.4 Å². The Morgan fingerprint density at radius 2 is 2.00 bits per heavy atom. The van der Waals surface area contributed by atoms with Crippen molar-refractivity contribution in [2.75, 3.05) is 13.7 Å². The lowest BCUT2D eigenvalue weighted by atomic mass is 9.57. The molecule has 0 saturated heterocycles. The van der Waals surface area contributed by atoms with Crippen LogP contribution in [0.1, 0.15) is 69.7 Å². The Labute approximate surface area is 228 Å². The van der Waals surface area contributed by atoms with E-state index in [1.807, 2.05) is 32.9 Å². The second kappa shape index (κ2) is 9.18. The van der Waals surface area contributed by atoms with Gasteiger partial charge in [-0.25, -0.2) is 4.79 Å². The number of amides is 1. The average Bonchev–Trinajstić information content (AvgIpc) is 3.31. The molecular formula is C30H46N2O6. The zero-order valence-electron chi connectivity index (χ0n) is 24.2. The summed E-state index contributed by atoms with van der Waals surface area (Å²) in [6.45, 7) is 15.0. The second-order valence-electron chi connectivity index (χ2n) is 13.3. The van der Waals surface area contributed by atoms with Crippen LogP contribution >= 0.6 is 0 Å². The van der Waals surface area contributed by atoms with Gasteiger partial charge in [0.15, 0.2) is 17.7 Å². The highest BCUT2D eigenvalue weighted by Gasteiger charge is 2.75. The Balaban J connectivity index is 0.00000420. The van der Waals surface area contributed by atoms with Crippen molar-refractivity contribution in [1.29, 1.82) is 5.26 Å². The Morgan fingerprint density at radius 3 is 2.58 bits per heavy atom. The fourth-order valence-electron chi connectivity index (χ4n) is 7.79. The number of nitrogens with zero attached hydrogens (tertiary/aromatic N) is 2. The van der Waals surface area contributed by atoms with Crippen molar-refractivity contribution in [3.8, 4) is 6.07 Å². The number of rotatable bonds is 6. The molecule has 0 aliphatic heterocycles. The van der Waals surface area contributed by atoms with Crippen molar-refractivity contribution in [2.24, 2.45) is 40.4 Å². The van der Waals surface area contributed by atoms with Gasteiger partial charge < -0.3 is 24.6 Å². The number of hydrogen-bond donors (Lipinski definition) is 2. The molecule has 4 aliphatic carbocycles. The van der Waals surface area contributed by atoms with Crippen LogP contribution in [-0.4, -0.2) is 64.2 Å². The van der Waals surface area contributed by atoms with E-state index in [-0.39, 0.29) is 43.5 Å². The fraction of sp³-hybridized carbons (Fsp3) is 0.767. The highest BCUT2D eigenvalue weighted by molar-refractivity contribution is 5.95. The third-order valence-corrected chi connectivity index (χ3v) is 10.3. The Morgan fingerprint density at radius 1 is 1.37 bits per heavy atom. The maximum absolute atomic E-state index is 14.7. The lowest BCUT2D eigenvalue weighted by molar-refractivity contribution is -0.184. The van der Waals surface area contributed by atoms with Crippen molar-refractivity contribution in [3.63, 3.8) is 0 Å². The van der Waals surface area contributed by atoms with Crippen LogP contribution in [0.2, 0.25) is 0 Å². The van der Waals surface area contributed by atoms with Crippen LogP contribution in [0.15, 0.2) is 23.3 Å². The van der Waals surface area contributed by atoms with Gasteiger partial charge in [-0.1, -0.05) is 39.8 Å². The summed E-state index contributed by atoms with van der Waals surface area (Å²) in [4.78, 5) is 29.3. The van der Waals surface area contributed by atoms with Crippen molar-refractivity contribution in [1.82, 2.24) is 4.90 Å². The Hall–Kier alpha value is -2.21. The molecule has 1 spiro atoms. The molecule has 4 aliphatic rings. The molecular weight excluding hydrogens is 484 g/mol. The normalized spacial score (nSPS) is 39.9. The maximum Gasteiger partial charge on any atom is 0.410 e. The van der Waals surface area contributed by atoms with Gasteiger partial charge in [-0.15, -0.1) is 0 Å². The van der Waals surface area contributed by atoms with Crippen LogP contribution in [0.4, 0.5) is 4.79 Å². The molecule has 2 bridgehead atoms. The Kier molecular flexibility index (Phi) is 6.95. The van der Waals surface area contributed by atoms with E-state index in [4.69, 9.17) is 14.7 Å². The highest BCUT2D eigenvalue weighted by Crippen LogP contribution is 2.72. The molecule has 2 N–H and O–H groups in total. The quantitative estimate of drug-likeness (QED) is 0.384. The predicted octanol–water partition coefficient (Wildman–Crippen LogP) is 4.47. The number of ketones is 1. The summed E-state index contributed by atoms with van der Waals surface area (Å²) in [5.41, 5.74) is -1.61. The van der Waals surface area contributed by atoms with Gasteiger partial charge in [-0.05, 0) is 68.4 Å². The minimum absolute atomic E-state index is 0. The molecule has 212 valence electrons. The summed E-state index contributed by atoms with van der Waals surface area (Å²) in [7, 11) is 1.57. The molecule has 0 aromatic rings. The van der Waals surface area contributed by atoms with Gasteiger partial charge in [0.25, 0.3) is 0 Å². The fourth-order valence-corrected chi connectivity index (χ4v) is 7.79. The van der Waals surface area contributed by atoms with E-state index < -0.39 is 40.8 Å². The standard InChI is InChI=1S/C30H44N2O6.H2/c1-16-14-29-17(2)12-22-23(27(22,5)6)21(24(29)33)13-20(15-37-28(7,8)35)19(4)30(29,36)25(16)38-26(34)32(9)18(3)10-11-31;/h13-14,17-19,21-23,25,35-36H,10,12,15H2,1-9H3;1H/t17-,18?,19-,21+,22-,23+,25?,29+,30?;/m1./s1.